The molecule has 0 spiro atoms. The molecule has 0 amide bonds. The number of hydrogen-bond donors (Lipinski definition) is 0. The van der Waals surface area contributed by atoms with E-state index in [-0.39, 0.29) is 0 Å². The fourth-order valence-corrected chi connectivity index (χ4v) is 0. The first-order valence-corrected chi connectivity index (χ1v) is 3.35. The van der Waals surface area contributed by atoms with Crippen molar-refractivity contribution in [3.63, 3.8) is 0 Å². The van der Waals surface area contributed by atoms with Crippen LogP contribution in [0.5, 0.6) is 0 Å². The first-order valence-electron chi connectivity index (χ1n) is 3.35. The summed E-state index contributed by atoms with van der Waals surface area (Å²) in [5.74, 6) is 0. The maximum Gasteiger partial charge on any atom is 0.182 e. The average molecular weight is 134 g/mol. The molecule has 0 saturated carbocycles. The minimum Gasteiger partial charge on any atom is -0.281 e. The summed E-state index contributed by atoms with van der Waals surface area (Å²) in [5, 5.41) is 0. The highest BCUT2D eigenvalue weighted by atomic mass is 16.6. The van der Waals surface area contributed by atoms with Crippen LogP contribution >= 0.6 is 0 Å². The van der Waals surface area contributed by atoms with Crippen molar-refractivity contribution in [3.8, 4) is 0 Å². The summed E-state index contributed by atoms with van der Waals surface area (Å²) in [7, 11) is 3.28. The maximum absolute atomic E-state index is 4.47. The van der Waals surface area contributed by atoms with Crippen molar-refractivity contribution in [2.24, 2.45) is 0 Å². The molecule has 0 N–H and O–H groups in total. The molecule has 0 bridgehead atoms. The Hall–Kier alpha value is -0.530. The highest BCUT2D eigenvalue weighted by Gasteiger charge is 1.70. The van der Waals surface area contributed by atoms with Gasteiger partial charge < -0.3 is 0 Å². The maximum atomic E-state index is 4.47. The molecule has 0 aromatic rings. The lowest BCUT2D eigenvalue weighted by atomic mass is 11.0. The molecule has 9 heavy (non-hydrogen) atoms. The zero-order chi connectivity index (χ0) is 8.28. The van der Waals surface area contributed by atoms with Crippen LogP contribution < -0.4 is 0 Å². The Morgan fingerprint density at radius 2 is 1.22 bits per heavy atom. The summed E-state index contributed by atoms with van der Waals surface area (Å²) in [6.45, 7) is 11.4. The predicted octanol–water partition coefficient (Wildman–Crippen LogP) is 1.94. The van der Waals surface area contributed by atoms with Gasteiger partial charge in [-0.3, -0.25) is 4.84 Å². The second-order valence-electron chi connectivity index (χ2n) is 0.810. The smallest absolute Gasteiger partial charge is 0.182 e. The summed E-state index contributed by atoms with van der Waals surface area (Å²) in [6.07, 6.45) is 0. The molecule has 0 aliphatic carbocycles. The molecule has 0 fully saturated rings. The third-order valence-corrected chi connectivity index (χ3v) is 0.312. The predicted molar refractivity (Wildman–Crippen MR) is 43.0 cm³/mol. The van der Waals surface area contributed by atoms with Crippen molar-refractivity contribution < 1.29 is 9.58 Å². The second-order valence-corrected chi connectivity index (χ2v) is 0.810. The van der Waals surface area contributed by atoms with Crippen molar-refractivity contribution in [3.05, 3.63) is 0 Å². The molecular formula is C7H20NO+. The van der Waals surface area contributed by atoms with Gasteiger partial charge in [0.05, 0.1) is 0 Å². The van der Waals surface area contributed by atoms with Crippen molar-refractivity contribution >= 4 is 6.72 Å². The van der Waals surface area contributed by atoms with E-state index in [1.807, 2.05) is 27.7 Å². The first kappa shape index (κ1) is 15.8. The Balaban J connectivity index is -0.0000000771. The summed E-state index contributed by atoms with van der Waals surface area (Å²) in [5.41, 5.74) is 0. The molecule has 0 unspecified atom stereocenters. The van der Waals surface area contributed by atoms with Crippen LogP contribution in [0.1, 0.15) is 27.7 Å². The lowest BCUT2D eigenvalue weighted by molar-refractivity contribution is -0.754. The zero-order valence-electron chi connectivity index (χ0n) is 7.56. The van der Waals surface area contributed by atoms with Crippen LogP contribution in [0.25, 0.3) is 0 Å². The molecule has 0 heterocycles. The Labute approximate surface area is 59.1 Å². The molecule has 2 heteroatoms. The topological polar surface area (TPSA) is 12.2 Å². The summed E-state index contributed by atoms with van der Waals surface area (Å²) >= 11 is 0. The van der Waals surface area contributed by atoms with Gasteiger partial charge in [0.2, 0.25) is 0 Å². The molecule has 0 aliphatic rings. The van der Waals surface area contributed by atoms with Crippen molar-refractivity contribution in [1.82, 2.24) is 0 Å². The molecule has 0 aromatic heterocycles. The molecule has 0 rings (SSSR count). The Morgan fingerprint density at radius 3 is 1.22 bits per heavy atom. The number of nitrogens with zero attached hydrogens (tertiary/aromatic N) is 1. The van der Waals surface area contributed by atoms with Gasteiger partial charge >= 0.3 is 0 Å². The summed E-state index contributed by atoms with van der Waals surface area (Å²) < 4.78 is 1.38. The third kappa shape index (κ3) is 103. The molecule has 2 nitrogen and oxygen atoms in total. The van der Waals surface area contributed by atoms with E-state index in [4.69, 9.17) is 0 Å². The molecular weight excluding hydrogens is 114 g/mol. The van der Waals surface area contributed by atoms with Gasteiger partial charge in [0.1, 0.15) is 7.11 Å². The van der Waals surface area contributed by atoms with Crippen LogP contribution in [-0.4, -0.2) is 25.6 Å². The molecule has 0 saturated heterocycles. The third-order valence-electron chi connectivity index (χ3n) is 0.312. The van der Waals surface area contributed by atoms with E-state index in [1.54, 1.807) is 14.2 Å². The van der Waals surface area contributed by atoms with Crippen molar-refractivity contribution in [1.29, 1.82) is 0 Å². The van der Waals surface area contributed by atoms with E-state index in [2.05, 4.69) is 11.6 Å². The van der Waals surface area contributed by atoms with Gasteiger partial charge in [0.15, 0.2) is 13.8 Å². The molecule has 0 atom stereocenters. The Bertz CT molecular complexity index is 44.2. The SMILES string of the molecule is C=[N+](C)OC.CC.CC. The van der Waals surface area contributed by atoms with E-state index < -0.39 is 0 Å². The van der Waals surface area contributed by atoms with Gasteiger partial charge in [0, 0.05) is 0 Å². The summed E-state index contributed by atoms with van der Waals surface area (Å²) in [4.78, 5) is 4.47. The van der Waals surface area contributed by atoms with Crippen LogP contribution in [0.3, 0.4) is 0 Å². The van der Waals surface area contributed by atoms with E-state index in [9.17, 15) is 0 Å². The largest absolute Gasteiger partial charge is 0.281 e. The molecule has 0 aliphatic heterocycles. The molecule has 58 valence electrons. The van der Waals surface area contributed by atoms with Crippen LogP contribution in [0.15, 0.2) is 0 Å². The van der Waals surface area contributed by atoms with Gasteiger partial charge in [-0.1, -0.05) is 27.7 Å². The molecule has 0 radical (unpaired) electrons. The van der Waals surface area contributed by atoms with E-state index in [0.717, 1.165) is 0 Å². The van der Waals surface area contributed by atoms with Gasteiger partial charge in [-0.2, -0.15) is 0 Å². The Morgan fingerprint density at radius 1 is 1.11 bits per heavy atom. The minimum atomic E-state index is 1.38. The highest BCUT2D eigenvalue weighted by molar-refractivity contribution is 5.13. The number of hydroxylamine groups is 1. The quantitative estimate of drug-likeness (QED) is 0.303. The van der Waals surface area contributed by atoms with E-state index in [1.165, 1.54) is 4.74 Å². The van der Waals surface area contributed by atoms with E-state index >= 15 is 0 Å². The minimum absolute atomic E-state index is 1.38. The zero-order valence-corrected chi connectivity index (χ0v) is 7.56. The standard InChI is InChI=1S/C3H8NO.2C2H6/c1-4(2)5-3;2*1-2/h1H2,2-3H3;2*1-2H3/q+1;;. The number of rotatable bonds is 1. The Kier molecular flexibility index (Phi) is 45.6. The van der Waals surface area contributed by atoms with E-state index in [0.29, 0.717) is 0 Å². The van der Waals surface area contributed by atoms with Gasteiger partial charge in [0.25, 0.3) is 0 Å². The lowest BCUT2D eigenvalue weighted by Crippen LogP contribution is -1.96. The second kappa shape index (κ2) is 26.0. The first-order chi connectivity index (χ1) is 4.27. The fourth-order valence-electron chi connectivity index (χ4n) is 0. The fraction of sp³-hybridized carbons (Fsp3) is 0.857. The van der Waals surface area contributed by atoms with Gasteiger partial charge in [-0.25, -0.2) is 0 Å². The van der Waals surface area contributed by atoms with Crippen LogP contribution in [0.2, 0.25) is 0 Å². The summed E-state index contributed by atoms with van der Waals surface area (Å²) in [6, 6.07) is 0. The van der Waals surface area contributed by atoms with Crippen LogP contribution in [0, 0.1) is 0 Å². The van der Waals surface area contributed by atoms with Crippen molar-refractivity contribution in [2.45, 2.75) is 27.7 Å². The highest BCUT2D eigenvalue weighted by Crippen LogP contribution is 1.52. The van der Waals surface area contributed by atoms with Gasteiger partial charge in [-0.15, -0.1) is 0 Å². The average Bonchev–Trinajstić information content (AvgIpc) is 1.97. The lowest BCUT2D eigenvalue weighted by Gasteiger charge is -1.80. The monoisotopic (exact) mass is 134 g/mol. The normalized spacial score (nSPS) is 5.11. The van der Waals surface area contributed by atoms with Crippen LogP contribution in [-0.2, 0) is 4.84 Å². The van der Waals surface area contributed by atoms with Gasteiger partial charge in [-0.05, 0) is 4.74 Å². The van der Waals surface area contributed by atoms with Crippen molar-refractivity contribution in [2.75, 3.05) is 14.2 Å². The molecule has 0 aromatic carbocycles. The van der Waals surface area contributed by atoms with Crippen LogP contribution in [0.4, 0.5) is 0 Å². The number of hydrogen-bond acceptors (Lipinski definition) is 1.